The molecule has 2 aromatic rings. The van der Waals surface area contributed by atoms with Crippen LogP contribution in [0.4, 0.5) is 5.82 Å². The molecule has 0 aliphatic carbocycles. The molecule has 11 heteroatoms. The summed E-state index contributed by atoms with van der Waals surface area (Å²) in [7, 11) is 0. The lowest BCUT2D eigenvalue weighted by Gasteiger charge is -2.22. The predicted molar refractivity (Wildman–Crippen MR) is 86.3 cm³/mol. The minimum absolute atomic E-state index is 0.348. The van der Waals surface area contributed by atoms with E-state index in [4.69, 9.17) is 4.74 Å². The molecule has 0 saturated carbocycles. The van der Waals surface area contributed by atoms with Crippen molar-refractivity contribution in [2.45, 2.75) is 43.4 Å². The maximum Gasteiger partial charge on any atom is 0.326 e. The average molecular weight is 365 g/mol. The lowest BCUT2D eigenvalue weighted by atomic mass is 10.1. The van der Waals surface area contributed by atoms with E-state index in [2.05, 4.69) is 15.0 Å². The Hall–Kier alpha value is -2.34. The third-order valence-corrected chi connectivity index (χ3v) is 4.94. The van der Waals surface area contributed by atoms with Crippen LogP contribution in [0.1, 0.15) is 19.1 Å². The SMILES string of the molecule is O=C(O)[C@H]1CCCN1c1ncnc2c1ncn2C1OC(CO)C(O)C1O. The Morgan fingerprint density at radius 3 is 2.77 bits per heavy atom. The van der Waals surface area contributed by atoms with Crippen LogP contribution in [-0.4, -0.2) is 83.4 Å². The van der Waals surface area contributed by atoms with E-state index >= 15 is 0 Å². The molecule has 2 aliphatic rings. The third kappa shape index (κ3) is 2.51. The predicted octanol–water partition coefficient (Wildman–Crippen LogP) is -1.51. The quantitative estimate of drug-likeness (QED) is 0.503. The van der Waals surface area contributed by atoms with Crippen molar-refractivity contribution < 1.29 is 30.0 Å². The van der Waals surface area contributed by atoms with Crippen molar-refractivity contribution in [2.75, 3.05) is 18.1 Å². The molecule has 5 atom stereocenters. The van der Waals surface area contributed by atoms with Crippen molar-refractivity contribution in [1.82, 2.24) is 19.5 Å². The summed E-state index contributed by atoms with van der Waals surface area (Å²) < 4.78 is 6.97. The highest BCUT2D eigenvalue weighted by molar-refractivity contribution is 5.87. The highest BCUT2D eigenvalue weighted by Gasteiger charge is 2.44. The first-order valence-electron chi connectivity index (χ1n) is 8.32. The lowest BCUT2D eigenvalue weighted by molar-refractivity contribution is -0.138. The van der Waals surface area contributed by atoms with Gasteiger partial charge in [-0.2, -0.15) is 0 Å². The molecule has 2 fully saturated rings. The van der Waals surface area contributed by atoms with Crippen LogP contribution in [-0.2, 0) is 9.53 Å². The van der Waals surface area contributed by atoms with E-state index in [1.165, 1.54) is 17.2 Å². The fourth-order valence-corrected chi connectivity index (χ4v) is 3.62. The molecule has 0 radical (unpaired) electrons. The summed E-state index contributed by atoms with van der Waals surface area (Å²) in [6, 6.07) is -0.674. The zero-order valence-corrected chi connectivity index (χ0v) is 13.7. The molecular formula is C15H19N5O6. The van der Waals surface area contributed by atoms with Gasteiger partial charge in [0.25, 0.3) is 0 Å². The molecule has 0 amide bonds. The lowest BCUT2D eigenvalue weighted by Crippen LogP contribution is -2.36. The highest BCUT2D eigenvalue weighted by Crippen LogP contribution is 2.34. The topological polar surface area (TPSA) is 154 Å². The number of aliphatic hydroxyl groups excluding tert-OH is 3. The summed E-state index contributed by atoms with van der Waals surface area (Å²) in [6.07, 6.45) is -0.426. The number of carboxylic acid groups (broad SMARTS) is 1. The van der Waals surface area contributed by atoms with Gasteiger partial charge >= 0.3 is 5.97 Å². The summed E-state index contributed by atoms with van der Waals surface area (Å²) in [5.74, 6) is -0.512. The Labute approximate surface area is 147 Å². The zero-order valence-electron chi connectivity index (χ0n) is 13.7. The van der Waals surface area contributed by atoms with E-state index < -0.39 is 43.2 Å². The van der Waals surface area contributed by atoms with E-state index in [1.54, 1.807) is 4.90 Å². The van der Waals surface area contributed by atoms with E-state index in [-0.39, 0.29) is 0 Å². The fourth-order valence-electron chi connectivity index (χ4n) is 3.62. The normalized spacial score (nSPS) is 31.8. The number of anilines is 1. The van der Waals surface area contributed by atoms with Gasteiger partial charge in [-0.15, -0.1) is 0 Å². The van der Waals surface area contributed by atoms with Crippen LogP contribution < -0.4 is 4.90 Å². The van der Waals surface area contributed by atoms with Crippen molar-refractivity contribution >= 4 is 23.0 Å². The zero-order chi connectivity index (χ0) is 18.4. The van der Waals surface area contributed by atoms with E-state index in [0.29, 0.717) is 29.9 Å². The molecule has 4 N–H and O–H groups in total. The molecule has 26 heavy (non-hydrogen) atoms. The Balaban J connectivity index is 1.73. The molecular weight excluding hydrogens is 346 g/mol. The summed E-state index contributed by atoms with van der Waals surface area (Å²) in [6.45, 7) is 0.111. The Kier molecular flexibility index (Phi) is 4.23. The maximum absolute atomic E-state index is 11.5. The van der Waals surface area contributed by atoms with Crippen molar-refractivity contribution in [1.29, 1.82) is 0 Å². The summed E-state index contributed by atoms with van der Waals surface area (Å²) >= 11 is 0. The van der Waals surface area contributed by atoms with Crippen LogP contribution in [0.15, 0.2) is 12.7 Å². The molecule has 4 heterocycles. The second-order valence-electron chi connectivity index (χ2n) is 6.44. The minimum Gasteiger partial charge on any atom is -0.480 e. The number of aliphatic carboxylic acids is 1. The number of imidazole rings is 1. The van der Waals surface area contributed by atoms with E-state index in [9.17, 15) is 25.2 Å². The highest BCUT2D eigenvalue weighted by atomic mass is 16.6. The number of nitrogens with zero attached hydrogens (tertiary/aromatic N) is 5. The monoisotopic (exact) mass is 365 g/mol. The van der Waals surface area contributed by atoms with Crippen LogP contribution in [0.25, 0.3) is 11.2 Å². The van der Waals surface area contributed by atoms with Gasteiger partial charge in [0.15, 0.2) is 23.2 Å². The van der Waals surface area contributed by atoms with Gasteiger partial charge in [-0.1, -0.05) is 0 Å². The number of hydrogen-bond acceptors (Lipinski definition) is 9. The number of aliphatic hydroxyl groups is 3. The van der Waals surface area contributed by atoms with Gasteiger partial charge in [0.1, 0.15) is 30.7 Å². The minimum atomic E-state index is -1.26. The number of fused-ring (bicyclic) bond motifs is 1. The van der Waals surface area contributed by atoms with Crippen molar-refractivity contribution in [3.05, 3.63) is 12.7 Å². The molecule has 11 nitrogen and oxygen atoms in total. The molecule has 2 saturated heterocycles. The first-order valence-corrected chi connectivity index (χ1v) is 8.32. The molecule has 4 rings (SSSR count). The maximum atomic E-state index is 11.5. The second kappa shape index (κ2) is 6.43. The molecule has 0 bridgehead atoms. The van der Waals surface area contributed by atoms with Crippen LogP contribution in [0.3, 0.4) is 0 Å². The Morgan fingerprint density at radius 2 is 2.08 bits per heavy atom. The van der Waals surface area contributed by atoms with Gasteiger partial charge in [-0.05, 0) is 12.8 Å². The van der Waals surface area contributed by atoms with Crippen LogP contribution >= 0.6 is 0 Å². The summed E-state index contributed by atoms with van der Waals surface area (Å²) in [4.78, 5) is 25.8. The molecule has 2 aliphatic heterocycles. The van der Waals surface area contributed by atoms with Crippen LogP contribution in [0.2, 0.25) is 0 Å². The van der Waals surface area contributed by atoms with Gasteiger partial charge < -0.3 is 30.1 Å². The number of rotatable bonds is 4. The number of carbonyl (C=O) groups is 1. The standard InChI is InChI=1S/C15H19N5O6/c21-4-8-10(22)11(23)14(26-8)20-6-18-9-12(16-5-17-13(9)20)19-3-1-2-7(19)15(24)25/h5-8,10-11,14,21-23H,1-4H2,(H,24,25)/t7-,8?,10?,11?,14?/m1/s1. The van der Waals surface area contributed by atoms with E-state index in [0.717, 1.165) is 6.42 Å². The first kappa shape index (κ1) is 17.1. The van der Waals surface area contributed by atoms with Crippen molar-refractivity contribution in [2.24, 2.45) is 0 Å². The van der Waals surface area contributed by atoms with Crippen LogP contribution in [0, 0.1) is 0 Å². The van der Waals surface area contributed by atoms with Crippen molar-refractivity contribution in [3.8, 4) is 0 Å². The Bertz CT molecular complexity index is 828. The molecule has 0 spiro atoms. The second-order valence-corrected chi connectivity index (χ2v) is 6.44. The van der Waals surface area contributed by atoms with Gasteiger partial charge in [-0.25, -0.2) is 19.7 Å². The molecule has 4 unspecified atom stereocenters. The summed E-state index contributed by atoms with van der Waals surface area (Å²) in [5.41, 5.74) is 0.735. The van der Waals surface area contributed by atoms with Gasteiger partial charge in [0.05, 0.1) is 12.9 Å². The first-order chi connectivity index (χ1) is 12.5. The van der Waals surface area contributed by atoms with E-state index in [1.807, 2.05) is 0 Å². The number of carboxylic acids is 1. The Morgan fingerprint density at radius 1 is 1.27 bits per heavy atom. The smallest absolute Gasteiger partial charge is 0.326 e. The number of hydrogen-bond donors (Lipinski definition) is 4. The fraction of sp³-hybridized carbons (Fsp3) is 0.600. The molecule has 2 aromatic heterocycles. The number of ether oxygens (including phenoxy) is 1. The average Bonchev–Trinajstić information content (AvgIpc) is 3.33. The third-order valence-electron chi connectivity index (χ3n) is 4.94. The van der Waals surface area contributed by atoms with Gasteiger partial charge in [0, 0.05) is 6.54 Å². The van der Waals surface area contributed by atoms with Gasteiger partial charge in [-0.3, -0.25) is 4.57 Å². The summed E-state index contributed by atoms with van der Waals surface area (Å²) in [5, 5.41) is 38.8. The van der Waals surface area contributed by atoms with Crippen molar-refractivity contribution in [3.63, 3.8) is 0 Å². The van der Waals surface area contributed by atoms with Crippen LogP contribution in [0.5, 0.6) is 0 Å². The largest absolute Gasteiger partial charge is 0.480 e. The molecule has 140 valence electrons. The molecule has 0 aromatic carbocycles. The van der Waals surface area contributed by atoms with Gasteiger partial charge in [0.2, 0.25) is 0 Å². The number of aromatic nitrogens is 4.